The molecule has 0 unspecified atom stereocenters. The number of unbranched alkanes of at least 4 members (excludes halogenated alkanes) is 3. The number of piperidine rings is 1. The number of hydrogen-bond acceptors (Lipinski definition) is 3. The number of aliphatic hydroxyl groups excluding tert-OH is 1. The van der Waals surface area contributed by atoms with Crippen molar-refractivity contribution in [3.8, 4) is 0 Å². The van der Waals surface area contributed by atoms with E-state index in [1.807, 2.05) is 0 Å². The van der Waals surface area contributed by atoms with Crippen LogP contribution in [0.5, 0.6) is 0 Å². The number of hydrogen-bond donors (Lipinski definition) is 3. The zero-order chi connectivity index (χ0) is 17.9. The summed E-state index contributed by atoms with van der Waals surface area (Å²) in [5.41, 5.74) is 8.52. The van der Waals surface area contributed by atoms with Crippen LogP contribution in [0.4, 0.5) is 0 Å². The number of nitrogens with zero attached hydrogens (tertiary/aromatic N) is 2. The number of rotatable bonds is 9. The first-order chi connectivity index (χ1) is 12.2. The maximum atomic E-state index is 9.65. The van der Waals surface area contributed by atoms with Gasteiger partial charge >= 0.3 is 0 Å². The maximum Gasteiger partial charge on any atom is 0.188 e. The summed E-state index contributed by atoms with van der Waals surface area (Å²) in [6.07, 6.45) is 6.52. The molecular weight excluding hydrogens is 439 g/mol. The van der Waals surface area contributed by atoms with E-state index >= 15 is 0 Å². The summed E-state index contributed by atoms with van der Waals surface area (Å²) in [5.74, 6) is 0.535. The molecule has 6 heteroatoms. The van der Waals surface area contributed by atoms with Crippen molar-refractivity contribution in [1.82, 2.24) is 10.2 Å². The number of guanidine groups is 1. The van der Waals surface area contributed by atoms with Crippen molar-refractivity contribution in [2.24, 2.45) is 10.7 Å². The molecule has 1 aliphatic rings. The van der Waals surface area contributed by atoms with E-state index in [2.05, 4.69) is 46.4 Å². The van der Waals surface area contributed by atoms with Gasteiger partial charge < -0.3 is 16.2 Å². The largest absolute Gasteiger partial charge is 0.393 e. The lowest BCUT2D eigenvalue weighted by Gasteiger charge is -2.30. The molecule has 1 aromatic carbocycles. The number of aliphatic imine (C=N–C) groups is 1. The van der Waals surface area contributed by atoms with Crippen molar-refractivity contribution < 1.29 is 5.11 Å². The molecule has 1 heterocycles. The predicted octanol–water partition coefficient (Wildman–Crippen LogP) is 3.25. The van der Waals surface area contributed by atoms with E-state index in [0.717, 1.165) is 45.4 Å². The molecule has 0 saturated carbocycles. The summed E-state index contributed by atoms with van der Waals surface area (Å²) < 4.78 is 0. The predicted molar refractivity (Wildman–Crippen MR) is 120 cm³/mol. The fourth-order valence-electron chi connectivity index (χ4n) is 3.18. The highest BCUT2D eigenvalue weighted by Crippen LogP contribution is 2.17. The summed E-state index contributed by atoms with van der Waals surface area (Å²) >= 11 is 0. The lowest BCUT2D eigenvalue weighted by Crippen LogP contribution is -2.35. The third-order valence-electron chi connectivity index (χ3n) is 4.83. The molecule has 2 rings (SSSR count). The van der Waals surface area contributed by atoms with E-state index in [-0.39, 0.29) is 30.1 Å². The normalized spacial score (nSPS) is 16.3. The number of benzene rings is 1. The van der Waals surface area contributed by atoms with Crippen LogP contribution < -0.4 is 11.1 Å². The topological polar surface area (TPSA) is 73.9 Å². The van der Waals surface area contributed by atoms with E-state index in [1.165, 1.54) is 30.4 Å². The SMILES string of the molecule is CCCCCCNC(N)=NCc1ccccc1CN1CCC(O)CC1.I. The van der Waals surface area contributed by atoms with Crippen molar-refractivity contribution in [1.29, 1.82) is 0 Å². The number of halogens is 1. The molecule has 26 heavy (non-hydrogen) atoms. The second kappa shape index (κ2) is 13.3. The second-order valence-corrected chi connectivity index (χ2v) is 6.96. The van der Waals surface area contributed by atoms with E-state index in [1.54, 1.807) is 0 Å². The van der Waals surface area contributed by atoms with E-state index < -0.39 is 0 Å². The summed E-state index contributed by atoms with van der Waals surface area (Å²) in [6, 6.07) is 8.44. The lowest BCUT2D eigenvalue weighted by atomic mass is 10.0. The molecule has 1 fully saturated rings. The average Bonchev–Trinajstić information content (AvgIpc) is 2.63. The van der Waals surface area contributed by atoms with Crippen LogP contribution in [-0.2, 0) is 13.1 Å². The Bertz CT molecular complexity index is 530. The van der Waals surface area contributed by atoms with Gasteiger partial charge in [0.25, 0.3) is 0 Å². The maximum absolute atomic E-state index is 9.65. The van der Waals surface area contributed by atoms with Gasteiger partial charge in [0.1, 0.15) is 0 Å². The molecule has 0 atom stereocenters. The Balaban J connectivity index is 0.00000338. The summed E-state index contributed by atoms with van der Waals surface area (Å²) in [5, 5.41) is 12.9. The molecule has 4 N–H and O–H groups in total. The van der Waals surface area contributed by atoms with Crippen LogP contribution >= 0.6 is 24.0 Å². The first kappa shape index (κ1) is 23.2. The van der Waals surface area contributed by atoms with E-state index in [9.17, 15) is 5.11 Å². The minimum atomic E-state index is -0.126. The highest BCUT2D eigenvalue weighted by Gasteiger charge is 2.17. The Morgan fingerprint density at radius 2 is 1.88 bits per heavy atom. The Hall–Kier alpha value is -0.860. The zero-order valence-electron chi connectivity index (χ0n) is 16.0. The van der Waals surface area contributed by atoms with Gasteiger partial charge in [0.2, 0.25) is 0 Å². The Kier molecular flexibility index (Phi) is 11.9. The number of nitrogens with two attached hydrogens (primary N) is 1. The number of likely N-dealkylation sites (tertiary alicyclic amines) is 1. The third-order valence-corrected chi connectivity index (χ3v) is 4.83. The van der Waals surface area contributed by atoms with Crippen LogP contribution in [0.15, 0.2) is 29.3 Å². The van der Waals surface area contributed by atoms with Crippen molar-refractivity contribution >= 4 is 29.9 Å². The number of nitrogens with one attached hydrogen (secondary N) is 1. The molecule has 1 aliphatic heterocycles. The molecule has 0 amide bonds. The van der Waals surface area contributed by atoms with Gasteiger partial charge in [-0.1, -0.05) is 50.5 Å². The molecule has 1 aromatic rings. The van der Waals surface area contributed by atoms with Gasteiger partial charge in [-0.2, -0.15) is 0 Å². The fraction of sp³-hybridized carbons (Fsp3) is 0.650. The van der Waals surface area contributed by atoms with Crippen LogP contribution in [0.2, 0.25) is 0 Å². The summed E-state index contributed by atoms with van der Waals surface area (Å²) in [6.45, 7) is 6.56. The molecule has 0 bridgehead atoms. The first-order valence-electron chi connectivity index (χ1n) is 9.70. The monoisotopic (exact) mass is 474 g/mol. The van der Waals surface area contributed by atoms with Crippen LogP contribution in [0.1, 0.15) is 56.6 Å². The standard InChI is InChI=1S/C20H34N4O.HI/c1-2-3-4-7-12-22-20(21)23-15-17-8-5-6-9-18(17)16-24-13-10-19(25)11-14-24;/h5-6,8-9,19,25H,2-4,7,10-16H2,1H3,(H3,21,22,23);1H. The second-order valence-electron chi connectivity index (χ2n) is 6.96. The van der Waals surface area contributed by atoms with Crippen LogP contribution in [0.25, 0.3) is 0 Å². The quantitative estimate of drug-likeness (QED) is 0.222. The Morgan fingerprint density at radius 3 is 2.58 bits per heavy atom. The molecule has 0 spiro atoms. The van der Waals surface area contributed by atoms with Gasteiger partial charge in [0.05, 0.1) is 12.6 Å². The van der Waals surface area contributed by atoms with Crippen LogP contribution in [0, 0.1) is 0 Å². The van der Waals surface area contributed by atoms with Crippen molar-refractivity contribution in [3.63, 3.8) is 0 Å². The molecule has 1 saturated heterocycles. The summed E-state index contributed by atoms with van der Waals surface area (Å²) in [7, 11) is 0. The van der Waals surface area contributed by atoms with Crippen LogP contribution in [-0.4, -0.2) is 41.7 Å². The minimum Gasteiger partial charge on any atom is -0.393 e. The smallest absolute Gasteiger partial charge is 0.188 e. The average molecular weight is 474 g/mol. The van der Waals surface area contributed by atoms with Gasteiger partial charge in [0.15, 0.2) is 5.96 Å². The molecule has 0 aliphatic carbocycles. The van der Waals surface area contributed by atoms with Gasteiger partial charge in [-0.05, 0) is 30.4 Å². The molecule has 0 radical (unpaired) electrons. The molecule has 0 aromatic heterocycles. The van der Waals surface area contributed by atoms with Crippen molar-refractivity contribution in [2.75, 3.05) is 19.6 Å². The first-order valence-corrected chi connectivity index (χ1v) is 9.70. The zero-order valence-corrected chi connectivity index (χ0v) is 18.3. The van der Waals surface area contributed by atoms with Gasteiger partial charge in [-0.15, -0.1) is 24.0 Å². The van der Waals surface area contributed by atoms with Gasteiger partial charge in [0, 0.05) is 26.2 Å². The molecule has 5 nitrogen and oxygen atoms in total. The highest BCUT2D eigenvalue weighted by molar-refractivity contribution is 14.0. The van der Waals surface area contributed by atoms with Crippen molar-refractivity contribution in [2.45, 2.75) is 64.6 Å². The van der Waals surface area contributed by atoms with Gasteiger partial charge in [-0.25, -0.2) is 4.99 Å². The lowest BCUT2D eigenvalue weighted by molar-refractivity contribution is 0.0791. The fourth-order valence-corrected chi connectivity index (χ4v) is 3.18. The molecular formula is C20H35IN4O. The van der Waals surface area contributed by atoms with E-state index in [0.29, 0.717) is 12.5 Å². The van der Waals surface area contributed by atoms with Crippen LogP contribution in [0.3, 0.4) is 0 Å². The van der Waals surface area contributed by atoms with Gasteiger partial charge in [-0.3, -0.25) is 4.90 Å². The highest BCUT2D eigenvalue weighted by atomic mass is 127. The minimum absolute atomic E-state index is 0. The third kappa shape index (κ3) is 8.68. The number of aliphatic hydroxyl groups is 1. The summed E-state index contributed by atoms with van der Waals surface area (Å²) in [4.78, 5) is 6.91. The Morgan fingerprint density at radius 1 is 1.19 bits per heavy atom. The van der Waals surface area contributed by atoms with E-state index in [4.69, 9.17) is 5.73 Å². The molecule has 148 valence electrons. The Labute approximate surface area is 175 Å². The van der Waals surface area contributed by atoms with Crippen molar-refractivity contribution in [3.05, 3.63) is 35.4 Å².